The zero-order valence-corrected chi connectivity index (χ0v) is 7.48. The maximum absolute atomic E-state index is 11.0. The summed E-state index contributed by atoms with van der Waals surface area (Å²) in [7, 11) is 0. The summed E-state index contributed by atoms with van der Waals surface area (Å²) >= 11 is 2.02. The highest BCUT2D eigenvalue weighted by Crippen LogP contribution is 2.12. The van der Waals surface area contributed by atoms with Crippen molar-refractivity contribution >= 4 is 28.5 Å². The molecule has 3 nitrogen and oxygen atoms in total. The molecule has 0 fully saturated rings. The van der Waals surface area contributed by atoms with Gasteiger partial charge in [0.1, 0.15) is 0 Å². The second-order valence-corrected chi connectivity index (χ2v) is 3.60. The quantitative estimate of drug-likeness (QED) is 0.302. The van der Waals surface area contributed by atoms with Crippen LogP contribution in [0.3, 0.4) is 0 Å². The number of hydrogen-bond donors (Lipinski definition) is 1. The van der Waals surface area contributed by atoms with Gasteiger partial charge >= 0.3 is 0 Å². The average molecular weight is 253 g/mol. The van der Waals surface area contributed by atoms with Gasteiger partial charge in [0.25, 0.3) is 5.91 Å². The SMILES string of the molecule is O=C1C(I)CC=CCN1O. The minimum absolute atomic E-state index is 0.110. The van der Waals surface area contributed by atoms with Gasteiger partial charge in [-0.1, -0.05) is 34.7 Å². The van der Waals surface area contributed by atoms with Crippen LogP contribution in [-0.4, -0.2) is 26.6 Å². The Kier molecular flexibility index (Phi) is 2.67. The average Bonchev–Trinajstić information content (AvgIpc) is 2.04. The van der Waals surface area contributed by atoms with E-state index < -0.39 is 0 Å². The maximum atomic E-state index is 11.0. The highest BCUT2D eigenvalue weighted by atomic mass is 127. The van der Waals surface area contributed by atoms with Crippen LogP contribution < -0.4 is 0 Å². The first-order valence-corrected chi connectivity index (χ1v) is 4.25. The Morgan fingerprint density at radius 2 is 2.40 bits per heavy atom. The number of halogens is 1. The number of carbonyl (C=O) groups is 1. The smallest absolute Gasteiger partial charge is 0.259 e. The van der Waals surface area contributed by atoms with Crippen LogP contribution in [0, 0.1) is 0 Å². The van der Waals surface area contributed by atoms with E-state index in [9.17, 15) is 4.79 Å². The van der Waals surface area contributed by atoms with Crippen molar-refractivity contribution in [1.29, 1.82) is 0 Å². The molecule has 1 aliphatic heterocycles. The minimum atomic E-state index is -0.203. The summed E-state index contributed by atoms with van der Waals surface area (Å²) in [6.07, 6.45) is 4.41. The molecule has 1 heterocycles. The second-order valence-electron chi connectivity index (χ2n) is 2.09. The molecule has 0 saturated heterocycles. The van der Waals surface area contributed by atoms with Gasteiger partial charge < -0.3 is 0 Å². The lowest BCUT2D eigenvalue weighted by atomic mass is 10.3. The molecule has 0 radical (unpaired) electrons. The van der Waals surface area contributed by atoms with Crippen molar-refractivity contribution in [2.24, 2.45) is 0 Å². The van der Waals surface area contributed by atoms with Gasteiger partial charge in [-0.25, -0.2) is 5.06 Å². The Hall–Kier alpha value is -0.100. The summed E-state index contributed by atoms with van der Waals surface area (Å²) < 4.78 is -0.110. The van der Waals surface area contributed by atoms with Crippen molar-refractivity contribution in [1.82, 2.24) is 5.06 Å². The predicted molar refractivity (Wildman–Crippen MR) is 45.1 cm³/mol. The van der Waals surface area contributed by atoms with E-state index in [4.69, 9.17) is 5.21 Å². The highest BCUT2D eigenvalue weighted by molar-refractivity contribution is 14.1. The Labute approximate surface area is 72.8 Å². The fourth-order valence-electron chi connectivity index (χ4n) is 0.743. The number of nitrogens with zero attached hydrogens (tertiary/aromatic N) is 1. The van der Waals surface area contributed by atoms with Crippen LogP contribution in [0.2, 0.25) is 0 Å². The molecule has 1 atom stereocenters. The largest absolute Gasteiger partial charge is 0.286 e. The third-order valence-electron chi connectivity index (χ3n) is 1.31. The molecule has 0 bridgehead atoms. The topological polar surface area (TPSA) is 40.5 Å². The van der Waals surface area contributed by atoms with Crippen LogP contribution in [0.5, 0.6) is 0 Å². The lowest BCUT2D eigenvalue weighted by Crippen LogP contribution is -2.32. The summed E-state index contributed by atoms with van der Waals surface area (Å²) in [4.78, 5) is 11.0. The molecule has 1 rings (SSSR count). The monoisotopic (exact) mass is 253 g/mol. The number of rotatable bonds is 0. The van der Waals surface area contributed by atoms with Crippen LogP contribution in [0.1, 0.15) is 6.42 Å². The molecule has 1 N–H and O–H groups in total. The van der Waals surface area contributed by atoms with Crippen molar-refractivity contribution in [3.63, 3.8) is 0 Å². The number of amides is 1. The molecule has 4 heteroatoms. The van der Waals surface area contributed by atoms with Crippen molar-refractivity contribution in [2.45, 2.75) is 10.3 Å². The molecule has 0 spiro atoms. The van der Waals surface area contributed by atoms with Gasteiger partial charge in [0.05, 0.1) is 10.5 Å². The molecular weight excluding hydrogens is 245 g/mol. The van der Waals surface area contributed by atoms with Gasteiger partial charge in [-0.05, 0) is 6.42 Å². The fourth-order valence-corrected chi connectivity index (χ4v) is 1.36. The second kappa shape index (κ2) is 3.34. The lowest BCUT2D eigenvalue weighted by Gasteiger charge is -2.12. The first kappa shape index (κ1) is 8.00. The van der Waals surface area contributed by atoms with E-state index in [0.717, 1.165) is 11.5 Å². The van der Waals surface area contributed by atoms with E-state index in [1.54, 1.807) is 6.08 Å². The van der Waals surface area contributed by atoms with Crippen LogP contribution in [0.25, 0.3) is 0 Å². The molecule has 0 saturated carbocycles. The summed E-state index contributed by atoms with van der Waals surface area (Å²) in [5, 5.41) is 9.71. The van der Waals surface area contributed by atoms with Gasteiger partial charge in [0.2, 0.25) is 0 Å². The zero-order chi connectivity index (χ0) is 7.56. The number of carbonyl (C=O) groups excluding carboxylic acids is 1. The molecule has 1 unspecified atom stereocenters. The van der Waals surface area contributed by atoms with Crippen molar-refractivity contribution in [2.75, 3.05) is 6.54 Å². The molecular formula is C6H8INO2. The highest BCUT2D eigenvalue weighted by Gasteiger charge is 2.20. The maximum Gasteiger partial charge on any atom is 0.259 e. The van der Waals surface area contributed by atoms with Crippen LogP contribution in [0.15, 0.2) is 12.2 Å². The normalized spacial score (nSPS) is 26.8. The van der Waals surface area contributed by atoms with Gasteiger partial charge in [-0.3, -0.25) is 10.0 Å². The first-order chi connectivity index (χ1) is 4.72. The van der Waals surface area contributed by atoms with E-state index in [2.05, 4.69) is 0 Å². The van der Waals surface area contributed by atoms with Gasteiger partial charge in [0, 0.05) is 0 Å². The predicted octanol–water partition coefficient (Wildman–Crippen LogP) is 0.968. The zero-order valence-electron chi connectivity index (χ0n) is 5.33. The van der Waals surface area contributed by atoms with Crippen molar-refractivity contribution < 1.29 is 10.0 Å². The van der Waals surface area contributed by atoms with Crippen LogP contribution >= 0.6 is 22.6 Å². The lowest BCUT2D eigenvalue weighted by molar-refractivity contribution is -0.161. The van der Waals surface area contributed by atoms with Crippen LogP contribution in [-0.2, 0) is 4.79 Å². The number of hydrogen-bond acceptors (Lipinski definition) is 2. The molecule has 10 heavy (non-hydrogen) atoms. The van der Waals surface area contributed by atoms with E-state index in [0.29, 0.717) is 6.54 Å². The number of hydroxylamine groups is 2. The number of allylic oxidation sites excluding steroid dienone is 1. The van der Waals surface area contributed by atoms with E-state index in [-0.39, 0.29) is 9.83 Å². The van der Waals surface area contributed by atoms with Gasteiger partial charge in [-0.15, -0.1) is 0 Å². The van der Waals surface area contributed by atoms with E-state index in [1.807, 2.05) is 28.7 Å². The van der Waals surface area contributed by atoms with Crippen molar-refractivity contribution in [3.8, 4) is 0 Å². The van der Waals surface area contributed by atoms with Crippen LogP contribution in [0.4, 0.5) is 0 Å². The third-order valence-corrected chi connectivity index (χ3v) is 2.35. The van der Waals surface area contributed by atoms with Crippen molar-refractivity contribution in [3.05, 3.63) is 12.2 Å². The standard InChI is InChI=1S/C6H8INO2/c7-5-3-1-2-4-8(10)6(5)9/h1-2,5,10H,3-4H2. The van der Waals surface area contributed by atoms with E-state index >= 15 is 0 Å². The Balaban J connectivity index is 2.65. The molecule has 0 aliphatic carbocycles. The molecule has 56 valence electrons. The Morgan fingerprint density at radius 3 is 3.10 bits per heavy atom. The molecule has 0 aromatic carbocycles. The molecule has 1 amide bonds. The van der Waals surface area contributed by atoms with Gasteiger partial charge in [0.15, 0.2) is 0 Å². The fraction of sp³-hybridized carbons (Fsp3) is 0.500. The molecule has 0 aromatic rings. The summed E-state index contributed by atoms with van der Waals surface area (Å²) in [5.41, 5.74) is 0. The molecule has 1 aliphatic rings. The Bertz CT molecular complexity index is 153. The van der Waals surface area contributed by atoms with Gasteiger partial charge in [-0.2, -0.15) is 0 Å². The first-order valence-electron chi connectivity index (χ1n) is 3.01. The third kappa shape index (κ3) is 1.69. The summed E-state index contributed by atoms with van der Waals surface area (Å²) in [6.45, 7) is 0.318. The summed E-state index contributed by atoms with van der Waals surface area (Å²) in [5.74, 6) is -0.203. The molecule has 0 aromatic heterocycles. The summed E-state index contributed by atoms with van der Waals surface area (Å²) in [6, 6.07) is 0. The van der Waals surface area contributed by atoms with E-state index in [1.165, 1.54) is 0 Å². The number of alkyl halides is 1. The Morgan fingerprint density at radius 1 is 1.70 bits per heavy atom. The minimum Gasteiger partial charge on any atom is -0.286 e.